The van der Waals surface area contributed by atoms with E-state index in [9.17, 15) is 0 Å². The topological polar surface area (TPSA) is 54.8 Å². The average molecular weight is 263 g/mol. The zero-order chi connectivity index (χ0) is 13.4. The molecule has 0 atom stereocenters. The van der Waals surface area contributed by atoms with Gasteiger partial charge in [-0.15, -0.1) is 0 Å². The van der Waals surface area contributed by atoms with Crippen molar-refractivity contribution >= 4 is 16.9 Å². The summed E-state index contributed by atoms with van der Waals surface area (Å²) in [6, 6.07) is 8.07. The van der Waals surface area contributed by atoms with Gasteiger partial charge in [-0.3, -0.25) is 4.98 Å². The van der Waals surface area contributed by atoms with E-state index in [1.807, 2.05) is 24.4 Å². The van der Waals surface area contributed by atoms with Crippen molar-refractivity contribution in [2.24, 2.45) is 0 Å². The van der Waals surface area contributed by atoms with Gasteiger partial charge in [-0.05, 0) is 23.8 Å². The fraction of sp³-hybridized carbons (Fsp3) is 0.200. The van der Waals surface area contributed by atoms with Gasteiger partial charge in [0.05, 0.1) is 5.39 Å². The predicted octanol–water partition coefficient (Wildman–Crippen LogP) is 1.98. The Morgan fingerprint density at radius 2 is 1.85 bits per heavy atom. The Kier molecular flexibility index (Phi) is 2.55. The summed E-state index contributed by atoms with van der Waals surface area (Å²) in [6.07, 6.45) is 6.15. The summed E-state index contributed by atoms with van der Waals surface area (Å²) in [5, 5.41) is 1.00. The molecule has 0 N–H and O–H groups in total. The largest absolute Gasteiger partial charge is 0.351 e. The second-order valence-corrected chi connectivity index (χ2v) is 4.85. The van der Waals surface area contributed by atoms with Crippen molar-refractivity contribution in [2.75, 3.05) is 11.4 Å². The molecule has 0 amide bonds. The highest BCUT2D eigenvalue weighted by Gasteiger charge is 2.19. The van der Waals surface area contributed by atoms with Gasteiger partial charge in [0.1, 0.15) is 12.1 Å². The standard InChI is InChI=1S/C15H13N5/c1-3-11-9-20(8-5-13(11)16-6-1)15-12-4-2-7-17-14(12)18-10-19-15/h1-4,6-7,10H,5,8-9H2. The first kappa shape index (κ1) is 11.3. The quantitative estimate of drug-likeness (QED) is 0.672. The van der Waals surface area contributed by atoms with Crippen LogP contribution in [0.15, 0.2) is 43.0 Å². The van der Waals surface area contributed by atoms with E-state index in [-0.39, 0.29) is 0 Å². The third kappa shape index (κ3) is 1.79. The van der Waals surface area contributed by atoms with E-state index >= 15 is 0 Å². The number of rotatable bonds is 1. The van der Waals surface area contributed by atoms with Gasteiger partial charge in [-0.2, -0.15) is 0 Å². The van der Waals surface area contributed by atoms with E-state index < -0.39 is 0 Å². The number of hydrogen-bond donors (Lipinski definition) is 0. The normalized spacial score (nSPS) is 14.3. The van der Waals surface area contributed by atoms with Crippen LogP contribution < -0.4 is 4.90 Å². The van der Waals surface area contributed by atoms with Gasteiger partial charge in [-0.1, -0.05) is 6.07 Å². The highest BCUT2D eigenvalue weighted by atomic mass is 15.2. The van der Waals surface area contributed by atoms with Gasteiger partial charge in [0.2, 0.25) is 0 Å². The van der Waals surface area contributed by atoms with E-state index in [1.165, 1.54) is 11.3 Å². The molecule has 98 valence electrons. The minimum atomic E-state index is 0.745. The van der Waals surface area contributed by atoms with Crippen molar-refractivity contribution in [1.82, 2.24) is 19.9 Å². The molecular formula is C15H13N5. The van der Waals surface area contributed by atoms with Crippen LogP contribution in [0.3, 0.4) is 0 Å². The fourth-order valence-corrected chi connectivity index (χ4v) is 2.68. The Labute approximate surface area is 116 Å². The molecule has 1 aliphatic heterocycles. The molecule has 1 aliphatic rings. The van der Waals surface area contributed by atoms with Crippen LogP contribution >= 0.6 is 0 Å². The lowest BCUT2D eigenvalue weighted by atomic mass is 10.1. The van der Waals surface area contributed by atoms with Crippen molar-refractivity contribution < 1.29 is 0 Å². The number of nitrogens with zero attached hydrogens (tertiary/aromatic N) is 5. The van der Waals surface area contributed by atoms with Gasteiger partial charge in [0.25, 0.3) is 0 Å². The van der Waals surface area contributed by atoms with Crippen LogP contribution in [0.5, 0.6) is 0 Å². The number of aromatic nitrogens is 4. The predicted molar refractivity (Wildman–Crippen MR) is 76.3 cm³/mol. The summed E-state index contributed by atoms with van der Waals surface area (Å²) in [6.45, 7) is 1.76. The number of fused-ring (bicyclic) bond motifs is 2. The number of anilines is 1. The van der Waals surface area contributed by atoms with Crippen molar-refractivity contribution in [1.29, 1.82) is 0 Å². The molecule has 4 heterocycles. The second kappa shape index (κ2) is 4.52. The molecule has 0 bridgehead atoms. The maximum absolute atomic E-state index is 4.46. The maximum atomic E-state index is 4.46. The third-order valence-corrected chi connectivity index (χ3v) is 3.65. The van der Waals surface area contributed by atoms with Crippen molar-refractivity contribution in [3.05, 3.63) is 54.2 Å². The lowest BCUT2D eigenvalue weighted by Gasteiger charge is -2.29. The summed E-state index contributed by atoms with van der Waals surface area (Å²) < 4.78 is 0. The smallest absolute Gasteiger partial charge is 0.164 e. The highest BCUT2D eigenvalue weighted by Crippen LogP contribution is 2.26. The average Bonchev–Trinajstić information content (AvgIpc) is 2.54. The molecule has 0 fully saturated rings. The molecule has 3 aromatic heterocycles. The monoisotopic (exact) mass is 263 g/mol. The molecule has 0 aromatic carbocycles. The molecule has 0 aliphatic carbocycles. The fourth-order valence-electron chi connectivity index (χ4n) is 2.68. The van der Waals surface area contributed by atoms with E-state index in [0.717, 1.165) is 36.4 Å². The Balaban J connectivity index is 1.78. The summed E-state index contributed by atoms with van der Waals surface area (Å²) >= 11 is 0. The van der Waals surface area contributed by atoms with E-state index in [1.54, 1.807) is 12.5 Å². The van der Waals surface area contributed by atoms with E-state index in [0.29, 0.717) is 0 Å². The van der Waals surface area contributed by atoms with Crippen LogP contribution in [0.1, 0.15) is 11.3 Å². The van der Waals surface area contributed by atoms with Crippen molar-refractivity contribution in [3.8, 4) is 0 Å². The SMILES string of the molecule is c1cnc2c(c1)CN(c1ncnc3ncccc13)CC2. The minimum absolute atomic E-state index is 0.745. The van der Waals surface area contributed by atoms with Gasteiger partial charge >= 0.3 is 0 Å². The number of pyridine rings is 2. The number of hydrogen-bond acceptors (Lipinski definition) is 5. The Morgan fingerprint density at radius 3 is 2.85 bits per heavy atom. The zero-order valence-corrected chi connectivity index (χ0v) is 10.9. The summed E-state index contributed by atoms with van der Waals surface area (Å²) in [7, 11) is 0. The first-order valence-corrected chi connectivity index (χ1v) is 6.65. The molecular weight excluding hydrogens is 250 g/mol. The van der Waals surface area contributed by atoms with E-state index in [4.69, 9.17) is 0 Å². The molecule has 4 rings (SSSR count). The molecule has 0 radical (unpaired) electrons. The third-order valence-electron chi connectivity index (χ3n) is 3.65. The summed E-state index contributed by atoms with van der Waals surface area (Å²) in [5.74, 6) is 0.956. The highest BCUT2D eigenvalue weighted by molar-refractivity contribution is 5.86. The Bertz CT molecular complexity index is 766. The van der Waals surface area contributed by atoms with Crippen LogP contribution in [0.4, 0.5) is 5.82 Å². The molecule has 3 aromatic rings. The van der Waals surface area contributed by atoms with Crippen molar-refractivity contribution in [2.45, 2.75) is 13.0 Å². The molecule has 5 nitrogen and oxygen atoms in total. The van der Waals surface area contributed by atoms with Gasteiger partial charge in [-0.25, -0.2) is 15.0 Å². The minimum Gasteiger partial charge on any atom is -0.351 e. The first-order chi connectivity index (χ1) is 9.92. The van der Waals surface area contributed by atoms with Gasteiger partial charge in [0.15, 0.2) is 5.65 Å². The molecule has 0 unspecified atom stereocenters. The van der Waals surface area contributed by atoms with E-state index in [2.05, 4.69) is 30.9 Å². The molecule has 20 heavy (non-hydrogen) atoms. The van der Waals surface area contributed by atoms with Crippen molar-refractivity contribution in [3.63, 3.8) is 0 Å². The first-order valence-electron chi connectivity index (χ1n) is 6.65. The molecule has 0 saturated carbocycles. The van der Waals surface area contributed by atoms with Gasteiger partial charge < -0.3 is 4.90 Å². The Morgan fingerprint density at radius 1 is 0.950 bits per heavy atom. The van der Waals surface area contributed by atoms with Gasteiger partial charge in [0, 0.05) is 37.6 Å². The van der Waals surface area contributed by atoms with Crippen LogP contribution in [0, 0.1) is 0 Å². The van der Waals surface area contributed by atoms with Crippen LogP contribution in [0.2, 0.25) is 0 Å². The molecule has 0 saturated heterocycles. The molecule has 0 spiro atoms. The maximum Gasteiger partial charge on any atom is 0.164 e. The Hall–Kier alpha value is -2.56. The zero-order valence-electron chi connectivity index (χ0n) is 10.9. The second-order valence-electron chi connectivity index (χ2n) is 4.85. The van der Waals surface area contributed by atoms with Crippen LogP contribution in [0.25, 0.3) is 11.0 Å². The van der Waals surface area contributed by atoms with Crippen LogP contribution in [-0.2, 0) is 13.0 Å². The molecule has 5 heteroatoms. The van der Waals surface area contributed by atoms with Crippen LogP contribution in [-0.4, -0.2) is 26.5 Å². The lowest BCUT2D eigenvalue weighted by molar-refractivity contribution is 0.704. The summed E-state index contributed by atoms with van der Waals surface area (Å²) in [4.78, 5) is 19.7. The lowest BCUT2D eigenvalue weighted by Crippen LogP contribution is -2.31. The summed E-state index contributed by atoms with van der Waals surface area (Å²) in [5.41, 5.74) is 3.21.